The fraction of sp³-hybridized carbons (Fsp3) is 0.273. The van der Waals surface area contributed by atoms with E-state index in [2.05, 4.69) is 5.10 Å². The van der Waals surface area contributed by atoms with Crippen LogP contribution in [-0.4, -0.2) is 14.2 Å². The second-order valence-electron chi connectivity index (χ2n) is 3.71. The molecule has 0 N–H and O–H groups in total. The molecule has 0 aliphatic heterocycles. The number of aromatic nitrogens is 3. The maximum Gasteiger partial charge on any atom is 0.291 e. The van der Waals surface area contributed by atoms with E-state index in [1.807, 2.05) is 35.8 Å². The second kappa shape index (κ2) is 3.18. The molecule has 0 amide bonds. The molecule has 3 aromatic rings. The summed E-state index contributed by atoms with van der Waals surface area (Å²) in [5.41, 5.74) is 0.702. The van der Waals surface area contributed by atoms with Crippen LogP contribution in [0.5, 0.6) is 0 Å². The summed E-state index contributed by atoms with van der Waals surface area (Å²) in [5.74, 6) is 0.855. The number of thiophene rings is 1. The van der Waals surface area contributed by atoms with Gasteiger partial charge in [-0.15, -0.1) is 11.3 Å². The Morgan fingerprint density at radius 3 is 3.06 bits per heavy atom. The van der Waals surface area contributed by atoms with Crippen LogP contribution in [-0.2, 0) is 6.54 Å². The first-order valence-electron chi connectivity index (χ1n) is 5.18. The van der Waals surface area contributed by atoms with E-state index in [1.54, 1.807) is 11.3 Å². The number of aryl methyl sites for hydroxylation is 2. The summed E-state index contributed by atoms with van der Waals surface area (Å²) < 4.78 is 3.45. The molecule has 82 valence electrons. The number of hydrogen-bond acceptors (Lipinski definition) is 3. The first kappa shape index (κ1) is 9.59. The van der Waals surface area contributed by atoms with Gasteiger partial charge in [0.2, 0.25) is 0 Å². The molecule has 0 unspecified atom stereocenters. The van der Waals surface area contributed by atoms with Crippen molar-refractivity contribution >= 4 is 27.1 Å². The van der Waals surface area contributed by atoms with Gasteiger partial charge in [-0.05, 0) is 31.4 Å². The van der Waals surface area contributed by atoms with Crippen molar-refractivity contribution in [2.24, 2.45) is 0 Å². The maximum atomic E-state index is 12.1. The molecule has 0 fully saturated rings. The molecule has 0 bridgehead atoms. The van der Waals surface area contributed by atoms with Crippen LogP contribution in [0.1, 0.15) is 12.7 Å². The van der Waals surface area contributed by atoms with Crippen LogP contribution in [0.4, 0.5) is 0 Å². The van der Waals surface area contributed by atoms with Gasteiger partial charge in [0.1, 0.15) is 16.2 Å². The average molecular weight is 233 g/mol. The third kappa shape index (κ3) is 1.09. The van der Waals surface area contributed by atoms with E-state index >= 15 is 0 Å². The van der Waals surface area contributed by atoms with Gasteiger partial charge in [-0.2, -0.15) is 5.10 Å². The summed E-state index contributed by atoms with van der Waals surface area (Å²) in [4.78, 5) is 13.2. The lowest BCUT2D eigenvalue weighted by atomic mass is 10.4. The van der Waals surface area contributed by atoms with Gasteiger partial charge in [0, 0.05) is 11.9 Å². The highest BCUT2D eigenvalue weighted by Gasteiger charge is 2.11. The molecule has 0 aliphatic rings. The van der Waals surface area contributed by atoms with Crippen LogP contribution in [0.15, 0.2) is 22.3 Å². The molecule has 0 aromatic carbocycles. The standard InChI is InChI=1S/C11H11N3OS/c1-3-13-10(15)9-6-8-4-5-16-11(8)14(9)7(2)12-13/h4-6H,3H2,1-2H3. The van der Waals surface area contributed by atoms with E-state index < -0.39 is 0 Å². The molecule has 16 heavy (non-hydrogen) atoms. The lowest BCUT2D eigenvalue weighted by Gasteiger charge is -2.05. The van der Waals surface area contributed by atoms with Crippen LogP contribution in [0.3, 0.4) is 0 Å². The molecular weight excluding hydrogens is 222 g/mol. The van der Waals surface area contributed by atoms with Crippen molar-refractivity contribution in [2.45, 2.75) is 20.4 Å². The van der Waals surface area contributed by atoms with Crippen molar-refractivity contribution in [1.82, 2.24) is 14.2 Å². The zero-order valence-electron chi connectivity index (χ0n) is 9.10. The fourth-order valence-corrected chi connectivity index (χ4v) is 2.96. The Balaban J connectivity index is 2.61. The van der Waals surface area contributed by atoms with Crippen molar-refractivity contribution in [3.05, 3.63) is 33.7 Å². The van der Waals surface area contributed by atoms with Gasteiger partial charge in [0.15, 0.2) is 0 Å². The highest BCUT2D eigenvalue weighted by molar-refractivity contribution is 7.16. The van der Waals surface area contributed by atoms with Crippen LogP contribution < -0.4 is 5.56 Å². The zero-order valence-corrected chi connectivity index (χ0v) is 9.91. The van der Waals surface area contributed by atoms with Gasteiger partial charge < -0.3 is 0 Å². The molecule has 5 heteroatoms. The van der Waals surface area contributed by atoms with E-state index in [4.69, 9.17) is 0 Å². The Hall–Kier alpha value is -1.62. The van der Waals surface area contributed by atoms with Gasteiger partial charge in [-0.3, -0.25) is 9.20 Å². The highest BCUT2D eigenvalue weighted by atomic mass is 32.1. The molecule has 3 aromatic heterocycles. The van der Waals surface area contributed by atoms with Gasteiger partial charge in [0.25, 0.3) is 5.56 Å². The number of hydrogen-bond donors (Lipinski definition) is 0. The minimum absolute atomic E-state index is 0.0171. The highest BCUT2D eigenvalue weighted by Crippen LogP contribution is 2.24. The van der Waals surface area contributed by atoms with E-state index in [1.165, 1.54) is 4.68 Å². The summed E-state index contributed by atoms with van der Waals surface area (Å²) >= 11 is 1.63. The summed E-state index contributed by atoms with van der Waals surface area (Å²) in [5, 5.41) is 7.44. The minimum Gasteiger partial charge on any atom is -0.282 e. The molecule has 0 aliphatic carbocycles. The van der Waals surface area contributed by atoms with Crippen LogP contribution in [0.25, 0.3) is 15.7 Å². The molecule has 0 saturated heterocycles. The number of nitrogens with zero attached hydrogens (tertiary/aromatic N) is 3. The fourth-order valence-electron chi connectivity index (χ4n) is 2.01. The predicted octanol–water partition coefficient (Wildman–Crippen LogP) is 2.04. The van der Waals surface area contributed by atoms with Crippen molar-refractivity contribution in [3.63, 3.8) is 0 Å². The molecule has 4 nitrogen and oxygen atoms in total. The van der Waals surface area contributed by atoms with Crippen molar-refractivity contribution in [2.75, 3.05) is 0 Å². The number of rotatable bonds is 1. The van der Waals surface area contributed by atoms with Gasteiger partial charge in [-0.25, -0.2) is 4.68 Å². The Bertz CT molecular complexity index is 735. The maximum absolute atomic E-state index is 12.1. The lowest BCUT2D eigenvalue weighted by molar-refractivity contribution is 0.595. The SMILES string of the molecule is CCn1nc(C)n2c(cc3ccsc32)c1=O. The van der Waals surface area contributed by atoms with E-state index in [9.17, 15) is 4.79 Å². The molecule has 0 radical (unpaired) electrons. The van der Waals surface area contributed by atoms with E-state index in [-0.39, 0.29) is 5.56 Å². The van der Waals surface area contributed by atoms with Crippen LogP contribution in [0, 0.1) is 6.92 Å². The van der Waals surface area contributed by atoms with Gasteiger partial charge >= 0.3 is 0 Å². The molecule has 3 heterocycles. The predicted molar refractivity (Wildman–Crippen MR) is 65.2 cm³/mol. The quantitative estimate of drug-likeness (QED) is 0.645. The largest absolute Gasteiger partial charge is 0.291 e. The summed E-state index contributed by atoms with van der Waals surface area (Å²) in [6.07, 6.45) is 0. The Kier molecular flexibility index (Phi) is 1.91. The second-order valence-corrected chi connectivity index (χ2v) is 4.61. The molecule has 0 spiro atoms. The van der Waals surface area contributed by atoms with E-state index in [0.29, 0.717) is 6.54 Å². The molecule has 3 rings (SSSR count). The molecular formula is C11H11N3OS. The van der Waals surface area contributed by atoms with Crippen molar-refractivity contribution < 1.29 is 0 Å². The molecule has 0 atom stereocenters. The first-order valence-corrected chi connectivity index (χ1v) is 6.06. The van der Waals surface area contributed by atoms with Crippen molar-refractivity contribution in [1.29, 1.82) is 0 Å². The zero-order chi connectivity index (χ0) is 11.3. The van der Waals surface area contributed by atoms with E-state index in [0.717, 1.165) is 21.6 Å². The third-order valence-electron chi connectivity index (χ3n) is 2.75. The minimum atomic E-state index is -0.0171. The topological polar surface area (TPSA) is 39.3 Å². The van der Waals surface area contributed by atoms with Crippen LogP contribution in [0.2, 0.25) is 0 Å². The third-order valence-corrected chi connectivity index (χ3v) is 3.67. The lowest BCUT2D eigenvalue weighted by Crippen LogP contribution is -2.25. The molecule has 0 saturated carbocycles. The van der Waals surface area contributed by atoms with Gasteiger partial charge in [0.05, 0.1) is 0 Å². The Morgan fingerprint density at radius 1 is 1.50 bits per heavy atom. The van der Waals surface area contributed by atoms with Crippen molar-refractivity contribution in [3.8, 4) is 0 Å². The average Bonchev–Trinajstić information content (AvgIpc) is 2.82. The Morgan fingerprint density at radius 2 is 2.31 bits per heavy atom. The van der Waals surface area contributed by atoms with Crippen LogP contribution >= 0.6 is 11.3 Å². The monoisotopic (exact) mass is 233 g/mol. The Labute approximate surface area is 95.7 Å². The van der Waals surface area contributed by atoms with Gasteiger partial charge in [-0.1, -0.05) is 0 Å². The summed E-state index contributed by atoms with van der Waals surface area (Å²) in [6.45, 7) is 4.46. The summed E-state index contributed by atoms with van der Waals surface area (Å²) in [6, 6.07) is 3.97. The normalized spacial score (nSPS) is 11.6. The first-order chi connectivity index (χ1) is 7.72. The summed E-state index contributed by atoms with van der Waals surface area (Å²) in [7, 11) is 0. The smallest absolute Gasteiger partial charge is 0.282 e. The number of fused-ring (bicyclic) bond motifs is 3.